The van der Waals surface area contributed by atoms with Gasteiger partial charge in [-0.15, -0.1) is 0 Å². The van der Waals surface area contributed by atoms with Crippen molar-refractivity contribution in [2.75, 3.05) is 25.0 Å². The van der Waals surface area contributed by atoms with Crippen LogP contribution in [0.2, 0.25) is 0 Å². The first-order chi connectivity index (χ1) is 9.25. The normalized spacial score (nSPS) is 20.5. The molecular formula is C16H22N2O. The standard InChI is InChI=1S/C16H22N2O/c1-18-15-4-2-3-13(14(15)5-6-16(18)19)11-12-7-9-17-10-8-12/h2-4,12,17H,5-11H2,1H3. The summed E-state index contributed by atoms with van der Waals surface area (Å²) >= 11 is 0. The Balaban J connectivity index is 1.84. The first kappa shape index (κ1) is 12.7. The molecule has 3 heteroatoms. The number of carbonyl (C=O) groups excluding carboxylic acids is 1. The van der Waals surface area contributed by atoms with E-state index in [-0.39, 0.29) is 5.91 Å². The molecule has 2 aliphatic rings. The predicted octanol–water partition coefficient (Wildman–Crippen LogP) is 2.14. The summed E-state index contributed by atoms with van der Waals surface area (Å²) < 4.78 is 0. The highest BCUT2D eigenvalue weighted by molar-refractivity contribution is 5.96. The molecule has 1 N–H and O–H groups in total. The van der Waals surface area contributed by atoms with Crippen molar-refractivity contribution in [2.24, 2.45) is 5.92 Å². The van der Waals surface area contributed by atoms with Crippen LogP contribution >= 0.6 is 0 Å². The van der Waals surface area contributed by atoms with E-state index >= 15 is 0 Å². The Morgan fingerprint density at radius 1 is 1.26 bits per heavy atom. The number of carbonyl (C=O) groups is 1. The molecular weight excluding hydrogens is 236 g/mol. The number of piperidine rings is 1. The maximum atomic E-state index is 11.8. The summed E-state index contributed by atoms with van der Waals surface area (Å²) in [6, 6.07) is 6.44. The van der Waals surface area contributed by atoms with E-state index in [9.17, 15) is 4.79 Å². The van der Waals surface area contributed by atoms with Crippen molar-refractivity contribution in [3.63, 3.8) is 0 Å². The smallest absolute Gasteiger partial charge is 0.227 e. The topological polar surface area (TPSA) is 32.3 Å². The average molecular weight is 258 g/mol. The first-order valence-corrected chi connectivity index (χ1v) is 7.34. The van der Waals surface area contributed by atoms with Gasteiger partial charge in [-0.3, -0.25) is 4.79 Å². The van der Waals surface area contributed by atoms with Gasteiger partial charge in [-0.2, -0.15) is 0 Å². The van der Waals surface area contributed by atoms with Crippen LogP contribution < -0.4 is 10.2 Å². The zero-order chi connectivity index (χ0) is 13.2. The third-order valence-corrected chi connectivity index (χ3v) is 4.54. The van der Waals surface area contributed by atoms with Crippen molar-refractivity contribution in [1.82, 2.24) is 5.32 Å². The Morgan fingerprint density at radius 2 is 2.05 bits per heavy atom. The number of nitrogens with one attached hydrogen (secondary N) is 1. The summed E-state index contributed by atoms with van der Waals surface area (Å²) in [5.74, 6) is 1.04. The zero-order valence-electron chi connectivity index (χ0n) is 11.6. The number of amides is 1. The van der Waals surface area contributed by atoms with E-state index in [0.29, 0.717) is 6.42 Å². The highest BCUT2D eigenvalue weighted by atomic mass is 16.2. The molecule has 3 rings (SSSR count). The van der Waals surface area contributed by atoms with Crippen LogP contribution in [-0.4, -0.2) is 26.0 Å². The molecule has 1 amide bonds. The van der Waals surface area contributed by atoms with Crippen LogP contribution in [0.4, 0.5) is 5.69 Å². The van der Waals surface area contributed by atoms with E-state index in [1.165, 1.54) is 30.4 Å². The lowest BCUT2D eigenvalue weighted by atomic mass is 9.86. The van der Waals surface area contributed by atoms with Gasteiger partial charge in [-0.1, -0.05) is 12.1 Å². The van der Waals surface area contributed by atoms with Crippen LogP contribution in [0.25, 0.3) is 0 Å². The van der Waals surface area contributed by atoms with E-state index in [0.717, 1.165) is 31.1 Å². The minimum Gasteiger partial charge on any atom is -0.317 e. The van der Waals surface area contributed by atoms with Crippen LogP contribution in [-0.2, 0) is 17.6 Å². The van der Waals surface area contributed by atoms with Crippen LogP contribution in [0.15, 0.2) is 18.2 Å². The predicted molar refractivity (Wildman–Crippen MR) is 77.5 cm³/mol. The number of benzene rings is 1. The molecule has 1 aromatic carbocycles. The molecule has 0 saturated carbocycles. The highest BCUT2D eigenvalue weighted by Crippen LogP contribution is 2.31. The molecule has 0 spiro atoms. The van der Waals surface area contributed by atoms with Crippen molar-refractivity contribution in [1.29, 1.82) is 0 Å². The third-order valence-electron chi connectivity index (χ3n) is 4.54. The molecule has 3 nitrogen and oxygen atoms in total. The molecule has 0 bridgehead atoms. The summed E-state index contributed by atoms with van der Waals surface area (Å²) in [6.07, 6.45) is 5.30. The summed E-state index contributed by atoms with van der Waals surface area (Å²) in [4.78, 5) is 13.6. The van der Waals surface area contributed by atoms with Gasteiger partial charge in [-0.05, 0) is 61.9 Å². The maximum absolute atomic E-state index is 11.8. The van der Waals surface area contributed by atoms with Crippen LogP contribution in [0.3, 0.4) is 0 Å². The number of hydrogen-bond donors (Lipinski definition) is 1. The van der Waals surface area contributed by atoms with E-state index in [2.05, 4.69) is 23.5 Å². The van der Waals surface area contributed by atoms with Gasteiger partial charge in [0.05, 0.1) is 0 Å². The molecule has 2 heterocycles. The summed E-state index contributed by atoms with van der Waals surface area (Å²) in [5.41, 5.74) is 3.99. The summed E-state index contributed by atoms with van der Waals surface area (Å²) in [5, 5.41) is 3.42. The van der Waals surface area contributed by atoms with Gasteiger partial charge in [0.25, 0.3) is 0 Å². The fourth-order valence-corrected chi connectivity index (χ4v) is 3.35. The molecule has 102 valence electrons. The van der Waals surface area contributed by atoms with Crippen LogP contribution in [0, 0.1) is 5.92 Å². The fraction of sp³-hybridized carbons (Fsp3) is 0.562. The largest absolute Gasteiger partial charge is 0.317 e. The summed E-state index contributed by atoms with van der Waals surface area (Å²) in [7, 11) is 1.90. The second kappa shape index (κ2) is 5.33. The minimum absolute atomic E-state index is 0.242. The zero-order valence-corrected chi connectivity index (χ0v) is 11.6. The Hall–Kier alpha value is -1.35. The number of anilines is 1. The molecule has 0 unspecified atom stereocenters. The Labute approximate surface area is 115 Å². The quantitative estimate of drug-likeness (QED) is 0.881. The lowest BCUT2D eigenvalue weighted by Crippen LogP contribution is -2.32. The monoisotopic (exact) mass is 258 g/mol. The third kappa shape index (κ3) is 2.52. The molecule has 2 aliphatic heterocycles. The van der Waals surface area contributed by atoms with Crippen LogP contribution in [0.5, 0.6) is 0 Å². The van der Waals surface area contributed by atoms with Crippen molar-refractivity contribution in [3.05, 3.63) is 29.3 Å². The maximum Gasteiger partial charge on any atom is 0.227 e. The van der Waals surface area contributed by atoms with Crippen molar-refractivity contribution in [2.45, 2.75) is 32.1 Å². The number of nitrogens with zero attached hydrogens (tertiary/aromatic N) is 1. The fourth-order valence-electron chi connectivity index (χ4n) is 3.35. The summed E-state index contributed by atoms with van der Waals surface area (Å²) in [6.45, 7) is 2.30. The molecule has 1 saturated heterocycles. The molecule has 1 fully saturated rings. The van der Waals surface area contributed by atoms with Gasteiger partial charge in [0.1, 0.15) is 0 Å². The van der Waals surface area contributed by atoms with E-state index in [1.54, 1.807) is 0 Å². The van der Waals surface area contributed by atoms with Gasteiger partial charge >= 0.3 is 0 Å². The Morgan fingerprint density at radius 3 is 2.84 bits per heavy atom. The van der Waals surface area contributed by atoms with Gasteiger partial charge in [0.15, 0.2) is 0 Å². The van der Waals surface area contributed by atoms with Gasteiger partial charge in [0, 0.05) is 19.2 Å². The lowest BCUT2D eigenvalue weighted by molar-refractivity contribution is -0.118. The molecule has 0 aromatic heterocycles. The Kier molecular flexibility index (Phi) is 3.56. The van der Waals surface area contributed by atoms with E-state index in [1.807, 2.05) is 11.9 Å². The van der Waals surface area contributed by atoms with Crippen molar-refractivity contribution >= 4 is 11.6 Å². The molecule has 1 aromatic rings. The van der Waals surface area contributed by atoms with Crippen molar-refractivity contribution < 1.29 is 4.79 Å². The van der Waals surface area contributed by atoms with Crippen LogP contribution in [0.1, 0.15) is 30.4 Å². The minimum atomic E-state index is 0.242. The molecule has 0 atom stereocenters. The second-order valence-corrected chi connectivity index (χ2v) is 5.77. The SMILES string of the molecule is CN1C(=O)CCc2c(CC3CCNCC3)cccc21. The van der Waals surface area contributed by atoms with Crippen molar-refractivity contribution in [3.8, 4) is 0 Å². The molecule has 0 radical (unpaired) electrons. The Bertz CT molecular complexity index is 478. The van der Waals surface area contributed by atoms with Gasteiger partial charge in [0.2, 0.25) is 5.91 Å². The van der Waals surface area contributed by atoms with E-state index < -0.39 is 0 Å². The first-order valence-electron chi connectivity index (χ1n) is 7.34. The van der Waals surface area contributed by atoms with Gasteiger partial charge in [-0.25, -0.2) is 0 Å². The number of fused-ring (bicyclic) bond motifs is 1. The molecule has 0 aliphatic carbocycles. The number of hydrogen-bond acceptors (Lipinski definition) is 2. The second-order valence-electron chi connectivity index (χ2n) is 5.77. The van der Waals surface area contributed by atoms with E-state index in [4.69, 9.17) is 0 Å². The van der Waals surface area contributed by atoms with Gasteiger partial charge < -0.3 is 10.2 Å². The average Bonchev–Trinajstić information content (AvgIpc) is 2.45. The molecule has 19 heavy (non-hydrogen) atoms. The highest BCUT2D eigenvalue weighted by Gasteiger charge is 2.24. The lowest BCUT2D eigenvalue weighted by Gasteiger charge is -2.29. The number of rotatable bonds is 2.